The Hall–Kier alpha value is -3.72. The molecule has 1 aromatic heterocycles. The molecule has 1 saturated heterocycles. The number of halogens is 1. The molecule has 1 N–H and O–H groups in total. The fourth-order valence-electron chi connectivity index (χ4n) is 2.65. The third-order valence-corrected chi connectivity index (χ3v) is 4.78. The van der Waals surface area contributed by atoms with Gasteiger partial charge >= 0.3 is 0 Å². The van der Waals surface area contributed by atoms with Crippen LogP contribution in [-0.2, 0) is 0 Å². The van der Waals surface area contributed by atoms with E-state index in [2.05, 4.69) is 10.3 Å². The van der Waals surface area contributed by atoms with Crippen molar-refractivity contribution < 1.29 is 18.5 Å². The van der Waals surface area contributed by atoms with Crippen molar-refractivity contribution in [3.8, 4) is 11.3 Å². The minimum absolute atomic E-state index is 0.0336. The van der Waals surface area contributed by atoms with E-state index in [-0.39, 0.29) is 16.7 Å². The summed E-state index contributed by atoms with van der Waals surface area (Å²) >= 11 is 0.959. The van der Waals surface area contributed by atoms with E-state index >= 15 is 0 Å². The van der Waals surface area contributed by atoms with Crippen LogP contribution in [0.1, 0.15) is 5.76 Å². The van der Waals surface area contributed by atoms with Crippen LogP contribution >= 0.6 is 11.8 Å². The number of rotatable bonds is 4. The zero-order chi connectivity index (χ0) is 20.4. The second-order valence-electron chi connectivity index (χ2n) is 5.97. The highest BCUT2D eigenvalue weighted by Crippen LogP contribution is 2.31. The molecule has 0 radical (unpaired) electrons. The van der Waals surface area contributed by atoms with Crippen molar-refractivity contribution in [2.75, 3.05) is 0 Å². The molecule has 0 spiro atoms. The number of nitro groups is 1. The Bertz CT molecular complexity index is 1170. The lowest BCUT2D eigenvalue weighted by Crippen LogP contribution is -2.18. The molecule has 2 aromatic carbocycles. The van der Waals surface area contributed by atoms with Gasteiger partial charge < -0.3 is 9.73 Å². The summed E-state index contributed by atoms with van der Waals surface area (Å²) in [4.78, 5) is 27.2. The quantitative estimate of drug-likeness (QED) is 0.452. The molecule has 144 valence electrons. The van der Waals surface area contributed by atoms with Crippen LogP contribution < -0.4 is 5.32 Å². The molecule has 9 heteroatoms. The third kappa shape index (κ3) is 4.25. The van der Waals surface area contributed by atoms with Crippen molar-refractivity contribution in [3.05, 3.63) is 87.3 Å². The van der Waals surface area contributed by atoms with Gasteiger partial charge in [-0.15, -0.1) is 0 Å². The van der Waals surface area contributed by atoms with Crippen molar-refractivity contribution in [3.63, 3.8) is 0 Å². The van der Waals surface area contributed by atoms with Crippen molar-refractivity contribution in [2.24, 2.45) is 4.99 Å². The average molecular weight is 409 g/mol. The Kier molecular flexibility index (Phi) is 4.96. The highest BCUT2D eigenvalue weighted by Gasteiger charge is 2.24. The molecule has 29 heavy (non-hydrogen) atoms. The lowest BCUT2D eigenvalue weighted by molar-refractivity contribution is -0.384. The summed E-state index contributed by atoms with van der Waals surface area (Å²) in [6.07, 6.45) is 1.64. The number of amidine groups is 1. The van der Waals surface area contributed by atoms with Crippen LogP contribution in [0.25, 0.3) is 17.4 Å². The van der Waals surface area contributed by atoms with Crippen LogP contribution in [0.3, 0.4) is 0 Å². The Morgan fingerprint density at radius 1 is 1.14 bits per heavy atom. The van der Waals surface area contributed by atoms with Crippen LogP contribution in [0.2, 0.25) is 0 Å². The van der Waals surface area contributed by atoms with Crippen LogP contribution in [-0.4, -0.2) is 16.0 Å². The molecule has 7 nitrogen and oxygen atoms in total. The number of carbonyl (C=O) groups excluding carboxylic acids is 1. The van der Waals surface area contributed by atoms with Crippen LogP contribution in [0.4, 0.5) is 20.6 Å². The third-order valence-electron chi connectivity index (χ3n) is 3.97. The van der Waals surface area contributed by atoms with E-state index in [9.17, 15) is 19.3 Å². The Morgan fingerprint density at radius 2 is 1.93 bits per heavy atom. The molecule has 1 fully saturated rings. The number of thioether (sulfide) groups is 1. The van der Waals surface area contributed by atoms with Crippen LogP contribution in [0.15, 0.2) is 75.0 Å². The molecule has 0 aliphatic carbocycles. The molecule has 1 aliphatic rings. The molecule has 3 aromatic rings. The maximum atomic E-state index is 13.1. The first-order chi connectivity index (χ1) is 14.0. The number of hydrogen-bond acceptors (Lipinski definition) is 6. The molecule has 2 heterocycles. The maximum Gasteiger partial charge on any atom is 0.289 e. The van der Waals surface area contributed by atoms with E-state index in [0.717, 1.165) is 11.8 Å². The highest BCUT2D eigenvalue weighted by molar-refractivity contribution is 8.18. The van der Waals surface area contributed by atoms with Gasteiger partial charge in [0.15, 0.2) is 0 Å². The molecule has 4 rings (SSSR count). The van der Waals surface area contributed by atoms with Gasteiger partial charge in [-0.05, 0) is 54.2 Å². The number of amides is 1. The average Bonchev–Trinajstić information content (AvgIpc) is 3.30. The van der Waals surface area contributed by atoms with Gasteiger partial charge in [0.05, 0.1) is 15.5 Å². The van der Waals surface area contributed by atoms with Crippen molar-refractivity contribution in [1.82, 2.24) is 5.32 Å². The topological polar surface area (TPSA) is 97.7 Å². The Labute approximate surface area is 168 Å². The van der Waals surface area contributed by atoms with Gasteiger partial charge in [0, 0.05) is 17.7 Å². The summed E-state index contributed by atoms with van der Waals surface area (Å²) in [6.45, 7) is 0. The molecular weight excluding hydrogens is 397 g/mol. The first-order valence-electron chi connectivity index (χ1n) is 8.38. The van der Waals surface area contributed by atoms with E-state index < -0.39 is 4.92 Å². The number of aliphatic imine (C=N–C) groups is 1. The van der Waals surface area contributed by atoms with Gasteiger partial charge in [-0.1, -0.05) is 12.1 Å². The van der Waals surface area contributed by atoms with Crippen molar-refractivity contribution in [1.29, 1.82) is 0 Å². The Morgan fingerprint density at radius 3 is 2.69 bits per heavy atom. The van der Waals surface area contributed by atoms with Gasteiger partial charge in [0.25, 0.3) is 10.9 Å². The monoisotopic (exact) mass is 409 g/mol. The molecule has 1 aliphatic heterocycles. The summed E-state index contributed by atoms with van der Waals surface area (Å²) in [5, 5.41) is 13.3. The summed E-state index contributed by atoms with van der Waals surface area (Å²) in [5.41, 5.74) is 1.03. The number of nitro benzene ring substituents is 1. The maximum absolute atomic E-state index is 13.1. The number of carbonyl (C=O) groups is 1. The zero-order valence-electron chi connectivity index (χ0n) is 14.7. The first kappa shape index (κ1) is 18.6. The zero-order valence-corrected chi connectivity index (χ0v) is 15.5. The molecule has 1 amide bonds. The largest absolute Gasteiger partial charge is 0.457 e. The van der Waals surface area contributed by atoms with Gasteiger partial charge in [-0.3, -0.25) is 14.9 Å². The highest BCUT2D eigenvalue weighted by atomic mass is 32.2. The molecule has 0 unspecified atom stereocenters. The standard InChI is InChI=1S/C20H12FN3O4S/c21-13-4-6-14(7-5-13)22-19-18(29-20(25)23-19)11-16-8-9-17(28-16)12-2-1-3-15(10-12)24(26)27/h1-11H,(H,22,23,25). The van der Waals surface area contributed by atoms with Gasteiger partial charge in [-0.2, -0.15) is 0 Å². The summed E-state index contributed by atoms with van der Waals surface area (Å²) in [7, 11) is 0. The van der Waals surface area contributed by atoms with E-state index in [1.807, 2.05) is 0 Å². The minimum atomic E-state index is -0.472. The second-order valence-corrected chi connectivity index (χ2v) is 6.98. The Balaban J connectivity index is 1.63. The van der Waals surface area contributed by atoms with E-state index in [1.165, 1.54) is 36.4 Å². The SMILES string of the molecule is O=C1NC(=Nc2ccc(F)cc2)C(=Cc2ccc(-c3cccc([N+](=O)[O-])c3)o2)S1. The minimum Gasteiger partial charge on any atom is -0.457 e. The molecule has 0 bridgehead atoms. The van der Waals surface area contributed by atoms with Crippen LogP contribution in [0.5, 0.6) is 0 Å². The predicted molar refractivity (Wildman–Crippen MR) is 108 cm³/mol. The molecular formula is C20H12FN3O4S. The summed E-state index contributed by atoms with van der Waals surface area (Å²) in [6, 6.07) is 15.1. The van der Waals surface area contributed by atoms with Crippen molar-refractivity contribution in [2.45, 2.75) is 0 Å². The number of nitrogens with one attached hydrogen (secondary N) is 1. The normalized spacial score (nSPS) is 16.4. The van der Waals surface area contributed by atoms with Crippen LogP contribution in [0, 0.1) is 15.9 Å². The van der Waals surface area contributed by atoms with Gasteiger partial charge in [0.2, 0.25) is 0 Å². The first-order valence-corrected chi connectivity index (χ1v) is 9.19. The predicted octanol–water partition coefficient (Wildman–Crippen LogP) is 5.52. The number of furan rings is 1. The molecule has 0 atom stereocenters. The van der Waals surface area contributed by atoms with E-state index in [0.29, 0.717) is 33.5 Å². The van der Waals surface area contributed by atoms with Gasteiger partial charge in [-0.25, -0.2) is 9.38 Å². The number of non-ortho nitro benzene ring substituents is 1. The summed E-state index contributed by atoms with van der Waals surface area (Å²) in [5.74, 6) is 0.871. The van der Waals surface area contributed by atoms with E-state index in [4.69, 9.17) is 4.42 Å². The number of hydrogen-bond donors (Lipinski definition) is 1. The van der Waals surface area contributed by atoms with E-state index in [1.54, 1.807) is 30.3 Å². The fourth-order valence-corrected chi connectivity index (χ4v) is 3.36. The van der Waals surface area contributed by atoms with Crippen molar-refractivity contribution >= 4 is 40.3 Å². The summed E-state index contributed by atoms with van der Waals surface area (Å²) < 4.78 is 18.8. The van der Waals surface area contributed by atoms with Gasteiger partial charge in [0.1, 0.15) is 23.2 Å². The number of nitrogens with zero attached hydrogens (tertiary/aromatic N) is 2. The number of benzene rings is 2. The fraction of sp³-hybridized carbons (Fsp3) is 0. The lowest BCUT2D eigenvalue weighted by Gasteiger charge is -1.99. The second kappa shape index (κ2) is 7.72. The lowest BCUT2D eigenvalue weighted by atomic mass is 10.1. The smallest absolute Gasteiger partial charge is 0.289 e. The molecule has 0 saturated carbocycles.